The molecule has 0 saturated heterocycles. The summed E-state index contributed by atoms with van der Waals surface area (Å²) in [6.45, 7) is 12.9. The van der Waals surface area contributed by atoms with E-state index >= 15 is 0 Å². The second-order valence-electron chi connectivity index (χ2n) is 8.04. The van der Waals surface area contributed by atoms with E-state index in [1.807, 2.05) is 24.3 Å². The van der Waals surface area contributed by atoms with Crippen molar-refractivity contribution in [2.24, 2.45) is 5.92 Å². The van der Waals surface area contributed by atoms with E-state index in [9.17, 15) is 9.59 Å². The Morgan fingerprint density at radius 1 is 1.08 bits per heavy atom. The highest BCUT2D eigenvalue weighted by Crippen LogP contribution is 2.26. The van der Waals surface area contributed by atoms with E-state index < -0.39 is 17.4 Å². The Hall–Kier alpha value is -1.88. The quantitative estimate of drug-likeness (QED) is 0.362. The number of hydrogen-bond donors (Lipinski definition) is 0. The molecule has 0 heterocycles. The lowest BCUT2D eigenvalue weighted by Gasteiger charge is -2.31. The zero-order chi connectivity index (χ0) is 20.0. The van der Waals surface area contributed by atoms with Gasteiger partial charge in [-0.3, -0.25) is 0 Å². The fraction of sp³-hybridized carbons (Fsp3) is 0.619. The minimum Gasteiger partial charge on any atom is -0.432 e. The average molecular weight is 364 g/mol. The van der Waals surface area contributed by atoms with Gasteiger partial charge in [-0.2, -0.15) is 0 Å². The maximum Gasteiger partial charge on any atom is 0.511 e. The summed E-state index contributed by atoms with van der Waals surface area (Å²) >= 11 is 0. The first-order valence-corrected chi connectivity index (χ1v) is 9.07. The molecule has 26 heavy (non-hydrogen) atoms. The van der Waals surface area contributed by atoms with Crippen molar-refractivity contribution in [3.63, 3.8) is 0 Å². The molecule has 0 saturated carbocycles. The van der Waals surface area contributed by atoms with E-state index in [0.717, 1.165) is 18.3 Å². The molecule has 0 spiro atoms. The van der Waals surface area contributed by atoms with Crippen LogP contribution in [0.1, 0.15) is 59.6 Å². The highest BCUT2D eigenvalue weighted by Gasteiger charge is 2.32. The molecule has 0 bridgehead atoms. The van der Waals surface area contributed by atoms with Crippen molar-refractivity contribution in [3.8, 4) is 0 Å². The van der Waals surface area contributed by atoms with Gasteiger partial charge in [-0.1, -0.05) is 38.1 Å². The maximum absolute atomic E-state index is 11.8. The number of carbonyl (C=O) groups is 2. The van der Waals surface area contributed by atoms with Crippen LogP contribution in [0.4, 0.5) is 4.79 Å². The molecule has 0 N–H and O–H groups in total. The molecule has 0 radical (unpaired) electrons. The fourth-order valence-corrected chi connectivity index (χ4v) is 2.45. The van der Waals surface area contributed by atoms with Gasteiger partial charge >= 0.3 is 6.16 Å². The predicted molar refractivity (Wildman–Crippen MR) is 101 cm³/mol. The Kier molecular flexibility index (Phi) is 7.82. The summed E-state index contributed by atoms with van der Waals surface area (Å²) in [6, 6.07) is 7.99. The molecule has 0 aliphatic carbocycles. The topological polar surface area (TPSA) is 61.8 Å². The Bertz CT molecular complexity index is 589. The second-order valence-corrected chi connectivity index (χ2v) is 8.04. The lowest BCUT2D eigenvalue weighted by Crippen LogP contribution is -2.39. The number of aldehydes is 1. The molecule has 0 aliphatic rings. The molecule has 1 aromatic carbocycles. The van der Waals surface area contributed by atoms with E-state index in [-0.39, 0.29) is 12.7 Å². The van der Waals surface area contributed by atoms with Crippen LogP contribution in [0.3, 0.4) is 0 Å². The molecule has 0 fully saturated rings. The Morgan fingerprint density at radius 3 is 2.12 bits per heavy atom. The van der Waals surface area contributed by atoms with Crippen LogP contribution in [0.25, 0.3) is 0 Å². The highest BCUT2D eigenvalue weighted by molar-refractivity contribution is 5.68. The van der Waals surface area contributed by atoms with Gasteiger partial charge in [-0.05, 0) is 44.2 Å². The molecule has 1 unspecified atom stereocenters. The van der Waals surface area contributed by atoms with Crippen LogP contribution in [-0.4, -0.2) is 30.9 Å². The number of rotatable bonds is 9. The molecule has 1 atom stereocenters. The monoisotopic (exact) mass is 364 g/mol. The zero-order valence-electron chi connectivity index (χ0n) is 17.0. The van der Waals surface area contributed by atoms with Crippen LogP contribution in [0.15, 0.2) is 24.3 Å². The lowest BCUT2D eigenvalue weighted by molar-refractivity contribution is -0.198. The summed E-state index contributed by atoms with van der Waals surface area (Å²) in [5, 5.41) is 0. The van der Waals surface area contributed by atoms with Gasteiger partial charge in [-0.25, -0.2) is 4.79 Å². The molecule has 5 heteroatoms. The highest BCUT2D eigenvalue weighted by atomic mass is 16.8. The van der Waals surface area contributed by atoms with Gasteiger partial charge in [0, 0.05) is 13.8 Å². The molecular weight excluding hydrogens is 332 g/mol. The largest absolute Gasteiger partial charge is 0.511 e. The normalized spacial score (nSPS) is 14.2. The SMILES string of the molecule is CC(C)Cc1ccc(C(C)(C=O)COC(C)(C)OC(=O)OC(C)C)cc1. The molecule has 5 nitrogen and oxygen atoms in total. The average Bonchev–Trinajstić information content (AvgIpc) is 2.51. The van der Waals surface area contributed by atoms with Crippen molar-refractivity contribution in [3.05, 3.63) is 35.4 Å². The van der Waals surface area contributed by atoms with E-state index in [4.69, 9.17) is 14.2 Å². The van der Waals surface area contributed by atoms with Crippen molar-refractivity contribution in [2.45, 2.75) is 72.2 Å². The van der Waals surface area contributed by atoms with Crippen LogP contribution < -0.4 is 0 Å². The second kappa shape index (κ2) is 9.17. The van der Waals surface area contributed by atoms with Crippen LogP contribution >= 0.6 is 0 Å². The summed E-state index contributed by atoms with van der Waals surface area (Å²) in [6.07, 6.45) is 0.791. The minimum absolute atomic E-state index is 0.0853. The Labute approximate surface area is 157 Å². The lowest BCUT2D eigenvalue weighted by atomic mass is 9.84. The third-order valence-corrected chi connectivity index (χ3v) is 3.90. The maximum atomic E-state index is 11.8. The van der Waals surface area contributed by atoms with E-state index in [1.54, 1.807) is 34.6 Å². The first-order chi connectivity index (χ1) is 12.0. The number of carbonyl (C=O) groups excluding carboxylic acids is 2. The third-order valence-electron chi connectivity index (χ3n) is 3.90. The molecular formula is C21H32O5. The third kappa shape index (κ3) is 7.16. The predicted octanol–water partition coefficient (Wildman–Crippen LogP) is 4.66. The van der Waals surface area contributed by atoms with Gasteiger partial charge in [0.15, 0.2) is 0 Å². The minimum atomic E-state index is -1.20. The number of benzene rings is 1. The van der Waals surface area contributed by atoms with Crippen molar-refractivity contribution < 1.29 is 23.8 Å². The van der Waals surface area contributed by atoms with Crippen LogP contribution in [-0.2, 0) is 30.8 Å². The first-order valence-electron chi connectivity index (χ1n) is 9.07. The molecule has 0 amide bonds. The molecule has 0 aromatic heterocycles. The molecule has 0 aliphatic heterocycles. The summed E-state index contributed by atoms with van der Waals surface area (Å²) in [5.41, 5.74) is 1.26. The summed E-state index contributed by atoms with van der Waals surface area (Å²) in [5.74, 6) is -0.626. The molecule has 146 valence electrons. The van der Waals surface area contributed by atoms with Gasteiger partial charge in [0.1, 0.15) is 6.29 Å². The van der Waals surface area contributed by atoms with Gasteiger partial charge in [0.05, 0.1) is 18.1 Å². The summed E-state index contributed by atoms with van der Waals surface area (Å²) in [7, 11) is 0. The fourth-order valence-electron chi connectivity index (χ4n) is 2.45. The molecule has 1 aromatic rings. The van der Waals surface area contributed by atoms with Crippen molar-refractivity contribution in [2.75, 3.05) is 6.61 Å². The number of ether oxygens (including phenoxy) is 3. The standard InChI is InChI=1S/C21H32O5/c1-15(2)12-17-8-10-18(11-9-17)21(7,13-22)14-24-20(5,6)26-19(23)25-16(3)4/h8-11,13,15-16H,12,14H2,1-7H3. The van der Waals surface area contributed by atoms with E-state index in [2.05, 4.69) is 13.8 Å². The van der Waals surface area contributed by atoms with Gasteiger partial charge in [0.25, 0.3) is 0 Å². The van der Waals surface area contributed by atoms with E-state index in [0.29, 0.717) is 5.92 Å². The number of hydrogen-bond acceptors (Lipinski definition) is 5. The summed E-state index contributed by atoms with van der Waals surface area (Å²) < 4.78 is 15.9. The Balaban J connectivity index is 2.77. The molecule has 1 rings (SSSR count). The van der Waals surface area contributed by atoms with Gasteiger partial charge in [0.2, 0.25) is 5.79 Å². The first kappa shape index (κ1) is 22.2. The van der Waals surface area contributed by atoms with Crippen molar-refractivity contribution in [1.29, 1.82) is 0 Å². The zero-order valence-corrected chi connectivity index (χ0v) is 17.0. The van der Waals surface area contributed by atoms with Crippen molar-refractivity contribution >= 4 is 12.4 Å². The van der Waals surface area contributed by atoms with Crippen LogP contribution in [0.2, 0.25) is 0 Å². The Morgan fingerprint density at radius 2 is 1.65 bits per heavy atom. The van der Waals surface area contributed by atoms with E-state index in [1.165, 1.54) is 5.56 Å². The van der Waals surface area contributed by atoms with Crippen LogP contribution in [0.5, 0.6) is 0 Å². The summed E-state index contributed by atoms with van der Waals surface area (Å²) in [4.78, 5) is 23.4. The smallest absolute Gasteiger partial charge is 0.432 e. The van der Waals surface area contributed by atoms with Crippen molar-refractivity contribution in [1.82, 2.24) is 0 Å². The van der Waals surface area contributed by atoms with Gasteiger partial charge in [-0.15, -0.1) is 0 Å². The van der Waals surface area contributed by atoms with Crippen LogP contribution in [0, 0.1) is 5.92 Å². The van der Waals surface area contributed by atoms with Gasteiger partial charge < -0.3 is 19.0 Å².